The van der Waals surface area contributed by atoms with Gasteiger partial charge in [0.2, 0.25) is 0 Å². The maximum absolute atomic E-state index is 6.63. The third kappa shape index (κ3) is 3.95. The smallest absolute Gasteiger partial charge is 0.192 e. The van der Waals surface area contributed by atoms with Gasteiger partial charge in [0.15, 0.2) is 8.32 Å². The van der Waals surface area contributed by atoms with Gasteiger partial charge in [0.05, 0.1) is 11.4 Å². The number of nitrogens with zero attached hydrogens (tertiary/aromatic N) is 3. The van der Waals surface area contributed by atoms with E-state index in [0.717, 1.165) is 48.5 Å². The van der Waals surface area contributed by atoms with Gasteiger partial charge in [-0.2, -0.15) is 0 Å². The summed E-state index contributed by atoms with van der Waals surface area (Å²) in [6.45, 7) is 15.4. The van der Waals surface area contributed by atoms with E-state index < -0.39 is 8.32 Å². The van der Waals surface area contributed by atoms with E-state index in [1.807, 2.05) is 12.3 Å². The first kappa shape index (κ1) is 20.0. The van der Waals surface area contributed by atoms with Crippen molar-refractivity contribution in [3.8, 4) is 0 Å². The zero-order chi connectivity index (χ0) is 19.8. The quantitative estimate of drug-likeness (QED) is 0.442. The lowest BCUT2D eigenvalue weighted by Gasteiger charge is -2.41. The lowest BCUT2D eigenvalue weighted by atomic mass is 9.84. The molecule has 0 spiro atoms. The van der Waals surface area contributed by atoms with Gasteiger partial charge in [-0.1, -0.05) is 20.8 Å². The molecule has 6 nitrogen and oxygen atoms in total. The normalized spacial score (nSPS) is 25.3. The zero-order valence-electron chi connectivity index (χ0n) is 17.2. The highest BCUT2D eigenvalue weighted by Gasteiger charge is 2.40. The van der Waals surface area contributed by atoms with Crippen LogP contribution in [0, 0.1) is 5.92 Å². The molecule has 0 bridgehead atoms. The van der Waals surface area contributed by atoms with Gasteiger partial charge in [-0.25, -0.2) is 10.8 Å². The van der Waals surface area contributed by atoms with Crippen LogP contribution in [0.2, 0.25) is 18.1 Å². The molecule has 148 valence electrons. The summed E-state index contributed by atoms with van der Waals surface area (Å²) in [6, 6.07) is 2.00. The highest BCUT2D eigenvalue weighted by Crippen LogP contribution is 2.42. The third-order valence-corrected chi connectivity index (χ3v) is 10.8. The fourth-order valence-electron chi connectivity index (χ4n) is 3.69. The van der Waals surface area contributed by atoms with E-state index >= 15 is 0 Å². The summed E-state index contributed by atoms with van der Waals surface area (Å²) in [5.41, 5.74) is 2.86. The van der Waals surface area contributed by atoms with Gasteiger partial charge in [-0.05, 0) is 56.6 Å². The molecular formula is C20H33N5OSi. The molecule has 0 unspecified atom stereocenters. The van der Waals surface area contributed by atoms with Crippen molar-refractivity contribution in [1.82, 2.24) is 9.99 Å². The van der Waals surface area contributed by atoms with E-state index in [0.29, 0.717) is 12.0 Å². The minimum Gasteiger partial charge on any atom is -0.414 e. The Kier molecular flexibility index (Phi) is 5.47. The Morgan fingerprint density at radius 3 is 2.59 bits per heavy atom. The molecule has 1 aromatic rings. The van der Waals surface area contributed by atoms with Crippen LogP contribution in [0.3, 0.4) is 0 Å². The van der Waals surface area contributed by atoms with E-state index in [2.05, 4.69) is 55.6 Å². The predicted octanol–water partition coefficient (Wildman–Crippen LogP) is 4.81. The van der Waals surface area contributed by atoms with Gasteiger partial charge in [0, 0.05) is 23.8 Å². The van der Waals surface area contributed by atoms with Crippen LogP contribution in [0.1, 0.15) is 52.0 Å². The molecule has 1 fully saturated rings. The van der Waals surface area contributed by atoms with Gasteiger partial charge in [0.25, 0.3) is 0 Å². The fraction of sp³-hybridized carbons (Fsp3) is 0.600. The van der Waals surface area contributed by atoms with E-state index in [4.69, 9.17) is 10.3 Å². The number of hydrogen-bond acceptors (Lipinski definition) is 5. The number of nitrogens with two attached hydrogens (primary N) is 1. The first-order chi connectivity index (χ1) is 12.6. The molecule has 1 aromatic heterocycles. The number of aromatic amines is 1. The van der Waals surface area contributed by atoms with Crippen LogP contribution in [0.25, 0.3) is 5.70 Å². The van der Waals surface area contributed by atoms with Gasteiger partial charge in [0.1, 0.15) is 12.2 Å². The molecule has 1 saturated carbocycles. The zero-order valence-corrected chi connectivity index (χ0v) is 18.2. The molecule has 2 aliphatic rings. The number of aromatic nitrogens is 1. The Morgan fingerprint density at radius 2 is 2.00 bits per heavy atom. The van der Waals surface area contributed by atoms with Crippen LogP contribution in [-0.4, -0.2) is 37.5 Å². The number of fused-ring (bicyclic) bond motifs is 1. The van der Waals surface area contributed by atoms with E-state index in [-0.39, 0.29) is 5.04 Å². The topological polar surface area (TPSA) is 79.0 Å². The SMILES string of the molecule is C=N/C(=C1/c2cc[nH]c2N=CN1N)C1CCC(O[Si](C)(C)C(C)(C)C)CC1. The second kappa shape index (κ2) is 7.37. The van der Waals surface area contributed by atoms with Crippen molar-refractivity contribution < 1.29 is 4.43 Å². The standard InChI is InChI=1S/C20H33N5OSi/c1-20(2,3)27(5,6)26-15-9-7-14(8-10-15)17(22-4)18-16-11-12-23-19(16)24-13-25(18)21/h11-15,23H,4,7-10,21H2,1-3,5-6H3/b18-17-. The van der Waals surface area contributed by atoms with Gasteiger partial charge in [-0.3, -0.25) is 10.0 Å². The molecule has 7 heteroatoms. The van der Waals surface area contributed by atoms with Gasteiger partial charge < -0.3 is 9.41 Å². The first-order valence-electron chi connectivity index (χ1n) is 9.78. The number of nitrogens with one attached hydrogen (secondary N) is 1. The molecule has 0 atom stereocenters. The highest BCUT2D eigenvalue weighted by molar-refractivity contribution is 6.74. The molecule has 0 saturated heterocycles. The lowest BCUT2D eigenvalue weighted by molar-refractivity contribution is 0.123. The molecule has 0 aromatic carbocycles. The highest BCUT2D eigenvalue weighted by atomic mass is 28.4. The third-order valence-electron chi connectivity index (χ3n) is 6.29. The minimum absolute atomic E-state index is 0.242. The van der Waals surface area contributed by atoms with Crippen LogP contribution in [0.15, 0.2) is 27.9 Å². The van der Waals surface area contributed by atoms with Gasteiger partial charge in [-0.15, -0.1) is 0 Å². The average Bonchev–Trinajstić information content (AvgIpc) is 3.06. The molecular weight excluding hydrogens is 354 g/mol. The molecule has 2 heterocycles. The first-order valence-corrected chi connectivity index (χ1v) is 12.7. The number of allylic oxidation sites excluding steroid dienone is 1. The number of aliphatic imine (C=N–C) groups is 2. The summed E-state index contributed by atoms with van der Waals surface area (Å²) in [5, 5.41) is 1.81. The van der Waals surface area contributed by atoms with E-state index in [1.165, 1.54) is 0 Å². The number of hydrogen-bond donors (Lipinski definition) is 2. The number of hydrazine groups is 1. The van der Waals surface area contributed by atoms with Crippen molar-refractivity contribution >= 4 is 32.9 Å². The van der Waals surface area contributed by atoms with E-state index in [9.17, 15) is 0 Å². The van der Waals surface area contributed by atoms with Gasteiger partial charge >= 0.3 is 0 Å². The Morgan fingerprint density at radius 1 is 1.33 bits per heavy atom. The minimum atomic E-state index is -1.73. The molecule has 27 heavy (non-hydrogen) atoms. The predicted molar refractivity (Wildman–Crippen MR) is 115 cm³/mol. The fourth-order valence-corrected chi connectivity index (χ4v) is 5.11. The monoisotopic (exact) mass is 387 g/mol. The Balaban J connectivity index is 1.75. The Labute approximate surface area is 163 Å². The Bertz CT molecular complexity index is 751. The molecule has 0 amide bonds. The summed E-state index contributed by atoms with van der Waals surface area (Å²) in [7, 11) is -1.73. The van der Waals surface area contributed by atoms with Crippen LogP contribution in [-0.2, 0) is 4.43 Å². The molecule has 1 aliphatic heterocycles. The van der Waals surface area contributed by atoms with Crippen LogP contribution >= 0.6 is 0 Å². The molecule has 1 aliphatic carbocycles. The van der Waals surface area contributed by atoms with E-state index in [1.54, 1.807) is 11.3 Å². The maximum atomic E-state index is 6.63. The molecule has 0 radical (unpaired) electrons. The molecule has 3 rings (SSSR count). The second-order valence-corrected chi connectivity index (χ2v) is 13.9. The average molecular weight is 388 g/mol. The summed E-state index contributed by atoms with van der Waals surface area (Å²) in [5.74, 6) is 7.37. The van der Waals surface area contributed by atoms with Crippen molar-refractivity contribution in [1.29, 1.82) is 0 Å². The summed E-state index contributed by atoms with van der Waals surface area (Å²) >= 11 is 0. The number of H-pyrrole nitrogens is 1. The van der Waals surface area contributed by atoms with Crippen LogP contribution in [0.4, 0.5) is 5.82 Å². The van der Waals surface area contributed by atoms with Crippen molar-refractivity contribution in [3.05, 3.63) is 23.5 Å². The largest absolute Gasteiger partial charge is 0.414 e. The van der Waals surface area contributed by atoms with Crippen molar-refractivity contribution in [2.24, 2.45) is 21.7 Å². The second-order valence-electron chi connectivity index (χ2n) is 9.14. The summed E-state index contributed by atoms with van der Waals surface area (Å²) < 4.78 is 6.63. The van der Waals surface area contributed by atoms with Crippen LogP contribution < -0.4 is 5.84 Å². The Hall–Kier alpha value is -1.70. The van der Waals surface area contributed by atoms with Crippen molar-refractivity contribution in [2.45, 2.75) is 70.7 Å². The maximum Gasteiger partial charge on any atom is 0.192 e. The molecule has 3 N–H and O–H groups in total. The van der Waals surface area contributed by atoms with Crippen LogP contribution in [0.5, 0.6) is 0 Å². The lowest BCUT2D eigenvalue weighted by Crippen LogP contribution is -2.44. The van der Waals surface area contributed by atoms with Crippen molar-refractivity contribution in [2.75, 3.05) is 0 Å². The summed E-state index contributed by atoms with van der Waals surface area (Å²) in [6.07, 6.45) is 8.06. The van der Waals surface area contributed by atoms with Crippen molar-refractivity contribution in [3.63, 3.8) is 0 Å². The summed E-state index contributed by atoms with van der Waals surface area (Å²) in [4.78, 5) is 11.9. The number of rotatable bonds is 4.